The molecule has 1 atom stereocenters. The third kappa shape index (κ3) is 3.55. The monoisotopic (exact) mass is 171 g/mol. The molecule has 72 valence electrons. The van der Waals surface area contributed by atoms with E-state index in [0.29, 0.717) is 12.1 Å². The Hall–Kier alpha value is -0.0800. The molecule has 1 N–H and O–H groups in total. The van der Waals surface area contributed by atoms with Gasteiger partial charge in [-0.3, -0.25) is 0 Å². The summed E-state index contributed by atoms with van der Waals surface area (Å²) in [6.45, 7) is 6.40. The Morgan fingerprint density at radius 2 is 2.08 bits per heavy atom. The normalized spacial score (nSPS) is 22.5. The molecule has 0 aromatic carbocycles. The van der Waals surface area contributed by atoms with Crippen LogP contribution >= 0.6 is 0 Å². The Morgan fingerprint density at radius 3 is 2.67 bits per heavy atom. The third-order valence-corrected chi connectivity index (χ3v) is 2.46. The summed E-state index contributed by atoms with van der Waals surface area (Å²) < 4.78 is 5.30. The maximum Gasteiger partial charge on any atom is 0.0480 e. The van der Waals surface area contributed by atoms with E-state index in [0.717, 1.165) is 13.2 Å². The van der Waals surface area contributed by atoms with Crippen LogP contribution in [0.15, 0.2) is 0 Å². The van der Waals surface area contributed by atoms with Gasteiger partial charge >= 0.3 is 0 Å². The van der Waals surface area contributed by atoms with Gasteiger partial charge in [0.2, 0.25) is 0 Å². The van der Waals surface area contributed by atoms with Crippen LogP contribution in [-0.4, -0.2) is 25.3 Å². The van der Waals surface area contributed by atoms with Crippen molar-refractivity contribution < 1.29 is 4.74 Å². The van der Waals surface area contributed by atoms with E-state index >= 15 is 0 Å². The molecular formula is C10H21NO. The Morgan fingerprint density at radius 1 is 1.42 bits per heavy atom. The molecule has 1 heterocycles. The van der Waals surface area contributed by atoms with Crippen LogP contribution in [0.5, 0.6) is 0 Å². The predicted molar refractivity (Wildman–Crippen MR) is 51.3 cm³/mol. The average molecular weight is 171 g/mol. The molecule has 12 heavy (non-hydrogen) atoms. The zero-order chi connectivity index (χ0) is 8.81. The minimum absolute atomic E-state index is 0.679. The SMILES string of the molecule is CCCC(C)NC1CCOCC1. The van der Waals surface area contributed by atoms with Gasteiger partial charge in [-0.25, -0.2) is 0 Å². The molecule has 1 saturated heterocycles. The van der Waals surface area contributed by atoms with Gasteiger partial charge in [0, 0.05) is 25.3 Å². The average Bonchev–Trinajstić information content (AvgIpc) is 2.06. The molecule has 0 radical (unpaired) electrons. The first-order chi connectivity index (χ1) is 5.83. The number of rotatable bonds is 4. The van der Waals surface area contributed by atoms with Crippen molar-refractivity contribution in [2.45, 2.75) is 51.6 Å². The second-order valence-corrected chi connectivity index (χ2v) is 3.74. The molecule has 1 unspecified atom stereocenters. The summed E-state index contributed by atoms with van der Waals surface area (Å²) in [5.74, 6) is 0. The highest BCUT2D eigenvalue weighted by Crippen LogP contribution is 2.08. The second kappa shape index (κ2) is 5.55. The molecule has 0 aromatic heterocycles. The Labute approximate surface area is 75.7 Å². The second-order valence-electron chi connectivity index (χ2n) is 3.74. The van der Waals surface area contributed by atoms with Crippen LogP contribution in [-0.2, 0) is 4.74 Å². The topological polar surface area (TPSA) is 21.3 Å². The van der Waals surface area contributed by atoms with Crippen LogP contribution < -0.4 is 5.32 Å². The van der Waals surface area contributed by atoms with Crippen LogP contribution in [0.3, 0.4) is 0 Å². The molecule has 0 spiro atoms. The van der Waals surface area contributed by atoms with E-state index in [1.165, 1.54) is 25.7 Å². The molecule has 0 bridgehead atoms. The number of nitrogens with one attached hydrogen (secondary N) is 1. The molecule has 1 aliphatic rings. The van der Waals surface area contributed by atoms with Gasteiger partial charge in [0.15, 0.2) is 0 Å². The number of hydrogen-bond donors (Lipinski definition) is 1. The summed E-state index contributed by atoms with van der Waals surface area (Å²) in [5, 5.41) is 3.64. The molecule has 0 amide bonds. The maximum atomic E-state index is 5.30. The summed E-state index contributed by atoms with van der Waals surface area (Å²) in [4.78, 5) is 0. The fourth-order valence-corrected chi connectivity index (χ4v) is 1.78. The summed E-state index contributed by atoms with van der Waals surface area (Å²) in [6.07, 6.45) is 4.94. The van der Waals surface area contributed by atoms with Crippen molar-refractivity contribution in [1.29, 1.82) is 0 Å². The summed E-state index contributed by atoms with van der Waals surface area (Å²) in [6, 6.07) is 1.39. The van der Waals surface area contributed by atoms with Gasteiger partial charge in [-0.05, 0) is 26.2 Å². The van der Waals surface area contributed by atoms with E-state index in [9.17, 15) is 0 Å². The lowest BCUT2D eigenvalue weighted by Crippen LogP contribution is -2.40. The summed E-state index contributed by atoms with van der Waals surface area (Å²) >= 11 is 0. The first-order valence-corrected chi connectivity index (χ1v) is 5.16. The predicted octanol–water partition coefficient (Wildman–Crippen LogP) is 1.94. The zero-order valence-corrected chi connectivity index (χ0v) is 8.31. The molecule has 0 aromatic rings. The first kappa shape index (κ1) is 10.0. The zero-order valence-electron chi connectivity index (χ0n) is 8.31. The van der Waals surface area contributed by atoms with Crippen molar-refractivity contribution in [2.75, 3.05) is 13.2 Å². The van der Waals surface area contributed by atoms with Crippen LogP contribution in [0.1, 0.15) is 39.5 Å². The summed E-state index contributed by atoms with van der Waals surface area (Å²) in [7, 11) is 0. The molecule has 0 saturated carbocycles. The fourth-order valence-electron chi connectivity index (χ4n) is 1.78. The molecule has 1 rings (SSSR count). The lowest BCUT2D eigenvalue weighted by molar-refractivity contribution is 0.0751. The van der Waals surface area contributed by atoms with Crippen molar-refractivity contribution in [3.8, 4) is 0 Å². The van der Waals surface area contributed by atoms with Gasteiger partial charge in [0.1, 0.15) is 0 Å². The van der Waals surface area contributed by atoms with Crippen molar-refractivity contribution in [3.05, 3.63) is 0 Å². The maximum absolute atomic E-state index is 5.30. The van der Waals surface area contributed by atoms with Gasteiger partial charge in [-0.1, -0.05) is 13.3 Å². The van der Waals surface area contributed by atoms with Gasteiger partial charge in [-0.2, -0.15) is 0 Å². The third-order valence-electron chi connectivity index (χ3n) is 2.46. The fraction of sp³-hybridized carbons (Fsp3) is 1.00. The Balaban J connectivity index is 2.11. The van der Waals surface area contributed by atoms with Crippen molar-refractivity contribution in [3.63, 3.8) is 0 Å². The van der Waals surface area contributed by atoms with E-state index in [2.05, 4.69) is 19.2 Å². The van der Waals surface area contributed by atoms with E-state index in [4.69, 9.17) is 4.74 Å². The lowest BCUT2D eigenvalue weighted by Gasteiger charge is -2.26. The van der Waals surface area contributed by atoms with Crippen molar-refractivity contribution in [2.24, 2.45) is 0 Å². The number of hydrogen-bond acceptors (Lipinski definition) is 2. The van der Waals surface area contributed by atoms with Crippen LogP contribution in [0.2, 0.25) is 0 Å². The molecule has 2 heteroatoms. The van der Waals surface area contributed by atoms with Crippen LogP contribution in [0.25, 0.3) is 0 Å². The smallest absolute Gasteiger partial charge is 0.0480 e. The van der Waals surface area contributed by atoms with Crippen LogP contribution in [0.4, 0.5) is 0 Å². The van der Waals surface area contributed by atoms with Gasteiger partial charge in [-0.15, -0.1) is 0 Å². The molecule has 1 fully saturated rings. The van der Waals surface area contributed by atoms with E-state index in [1.54, 1.807) is 0 Å². The minimum Gasteiger partial charge on any atom is -0.381 e. The van der Waals surface area contributed by atoms with Gasteiger partial charge in [0.25, 0.3) is 0 Å². The molecular weight excluding hydrogens is 150 g/mol. The standard InChI is InChI=1S/C10H21NO/c1-3-4-9(2)11-10-5-7-12-8-6-10/h9-11H,3-8H2,1-2H3. The van der Waals surface area contributed by atoms with E-state index < -0.39 is 0 Å². The highest BCUT2D eigenvalue weighted by atomic mass is 16.5. The summed E-state index contributed by atoms with van der Waals surface area (Å²) in [5.41, 5.74) is 0. The minimum atomic E-state index is 0.679. The Kier molecular flexibility index (Phi) is 4.62. The van der Waals surface area contributed by atoms with Crippen molar-refractivity contribution in [1.82, 2.24) is 5.32 Å². The van der Waals surface area contributed by atoms with Gasteiger partial charge < -0.3 is 10.1 Å². The van der Waals surface area contributed by atoms with E-state index in [1.807, 2.05) is 0 Å². The highest BCUT2D eigenvalue weighted by molar-refractivity contribution is 4.73. The first-order valence-electron chi connectivity index (χ1n) is 5.16. The molecule has 2 nitrogen and oxygen atoms in total. The number of ether oxygens (including phenoxy) is 1. The highest BCUT2D eigenvalue weighted by Gasteiger charge is 2.14. The lowest BCUT2D eigenvalue weighted by atomic mass is 10.1. The van der Waals surface area contributed by atoms with E-state index in [-0.39, 0.29) is 0 Å². The van der Waals surface area contributed by atoms with Gasteiger partial charge in [0.05, 0.1) is 0 Å². The van der Waals surface area contributed by atoms with Crippen LogP contribution in [0, 0.1) is 0 Å². The molecule has 1 aliphatic heterocycles. The quantitative estimate of drug-likeness (QED) is 0.698. The van der Waals surface area contributed by atoms with Crippen molar-refractivity contribution >= 4 is 0 Å². The Bertz CT molecular complexity index is 110. The molecule has 0 aliphatic carbocycles. The largest absolute Gasteiger partial charge is 0.381 e.